The lowest BCUT2D eigenvalue weighted by molar-refractivity contribution is -0.185. The maximum atomic E-state index is 12.0. The molecule has 0 radical (unpaired) electrons. The average molecular weight is 256 g/mol. The summed E-state index contributed by atoms with van der Waals surface area (Å²) in [7, 11) is 0. The smallest absolute Gasteiger partial charge is 0.331 e. The van der Waals surface area contributed by atoms with Gasteiger partial charge in [-0.2, -0.15) is 0 Å². The second kappa shape index (κ2) is 5.10. The zero-order valence-electron chi connectivity index (χ0n) is 11.0. The van der Waals surface area contributed by atoms with Crippen LogP contribution in [0.3, 0.4) is 0 Å². The van der Waals surface area contributed by atoms with Gasteiger partial charge in [0.25, 0.3) is 0 Å². The van der Waals surface area contributed by atoms with Crippen LogP contribution in [0.5, 0.6) is 0 Å². The molecule has 0 saturated heterocycles. The molecule has 5 heteroatoms. The second-order valence-corrected chi connectivity index (χ2v) is 4.96. The number of cyclic esters (lactones) is 1. The minimum atomic E-state index is -1.90. The molecule has 0 saturated carbocycles. The highest BCUT2D eigenvalue weighted by atomic mass is 16.5. The molecular weight excluding hydrogens is 236 g/mol. The first-order chi connectivity index (χ1) is 8.28. The molecule has 2 atom stereocenters. The first-order valence-corrected chi connectivity index (χ1v) is 6.15. The quantitative estimate of drug-likeness (QED) is 0.445. The molecule has 0 fully saturated rings. The summed E-state index contributed by atoms with van der Waals surface area (Å²) < 4.78 is 4.91. The maximum Gasteiger partial charge on any atom is 0.331 e. The Hall–Kier alpha value is -1.36. The van der Waals surface area contributed by atoms with Gasteiger partial charge in [-0.1, -0.05) is 26.2 Å². The van der Waals surface area contributed by atoms with Gasteiger partial charge >= 0.3 is 11.9 Å². The number of ether oxygens (including phenoxy) is 1. The summed E-state index contributed by atoms with van der Waals surface area (Å²) in [6, 6.07) is 0. The van der Waals surface area contributed by atoms with Crippen LogP contribution in [0, 0.1) is 5.41 Å². The third-order valence-electron chi connectivity index (χ3n) is 3.47. The van der Waals surface area contributed by atoms with E-state index in [0.717, 1.165) is 12.8 Å². The Morgan fingerprint density at radius 1 is 1.44 bits per heavy atom. The van der Waals surface area contributed by atoms with E-state index >= 15 is 0 Å². The van der Waals surface area contributed by atoms with Gasteiger partial charge in [0.2, 0.25) is 0 Å². The van der Waals surface area contributed by atoms with E-state index in [-0.39, 0.29) is 12.2 Å². The van der Waals surface area contributed by atoms with Crippen molar-refractivity contribution in [2.75, 3.05) is 0 Å². The van der Waals surface area contributed by atoms with Crippen molar-refractivity contribution in [2.24, 2.45) is 5.41 Å². The van der Waals surface area contributed by atoms with E-state index in [0.29, 0.717) is 6.42 Å². The fraction of sp³-hybridized carbons (Fsp3) is 0.692. The zero-order chi connectivity index (χ0) is 14.0. The van der Waals surface area contributed by atoms with Gasteiger partial charge in [0.15, 0.2) is 5.41 Å². The van der Waals surface area contributed by atoms with Crippen LogP contribution in [0.15, 0.2) is 11.8 Å². The number of hydrogen-bond acceptors (Lipinski definition) is 4. The normalized spacial score (nSPS) is 31.8. The second-order valence-electron chi connectivity index (χ2n) is 4.96. The number of carboxylic acid groups (broad SMARTS) is 1. The van der Waals surface area contributed by atoms with Crippen molar-refractivity contribution < 1.29 is 24.5 Å². The van der Waals surface area contributed by atoms with Crippen LogP contribution in [-0.2, 0) is 14.3 Å². The van der Waals surface area contributed by atoms with Crippen LogP contribution in [0.4, 0.5) is 0 Å². The van der Waals surface area contributed by atoms with Crippen LogP contribution in [0.2, 0.25) is 0 Å². The number of unbranched alkanes of at least 4 members (excludes halogenated alkanes) is 2. The van der Waals surface area contributed by atoms with E-state index < -0.39 is 23.0 Å². The van der Waals surface area contributed by atoms with Crippen molar-refractivity contribution in [3.63, 3.8) is 0 Å². The number of aliphatic hydroxyl groups is 1. The van der Waals surface area contributed by atoms with Crippen LogP contribution in [0.25, 0.3) is 0 Å². The topological polar surface area (TPSA) is 83.8 Å². The Kier molecular flexibility index (Phi) is 4.16. The summed E-state index contributed by atoms with van der Waals surface area (Å²) >= 11 is 0. The summed E-state index contributed by atoms with van der Waals surface area (Å²) in [5.74, 6) is -1.98. The van der Waals surface area contributed by atoms with Crippen molar-refractivity contribution >= 4 is 11.9 Å². The lowest BCUT2D eigenvalue weighted by Gasteiger charge is -2.41. The van der Waals surface area contributed by atoms with E-state index in [1.165, 1.54) is 19.9 Å². The summed E-state index contributed by atoms with van der Waals surface area (Å²) in [4.78, 5) is 23.5. The van der Waals surface area contributed by atoms with Crippen molar-refractivity contribution in [2.45, 2.75) is 52.1 Å². The molecule has 1 aliphatic heterocycles. The molecule has 1 aliphatic rings. The summed E-state index contributed by atoms with van der Waals surface area (Å²) in [6.45, 7) is 4.84. The highest BCUT2D eigenvalue weighted by Gasteiger charge is 2.61. The van der Waals surface area contributed by atoms with Gasteiger partial charge in [0, 0.05) is 0 Å². The standard InChI is InChI=1S/C13H20O5/c1-4-5-6-7-13(10(14)15)11(16)18-9(2)8-12(13,3)17/h8,17H,4-7H2,1-3H3,(H,14,15). The molecule has 0 bridgehead atoms. The van der Waals surface area contributed by atoms with Crippen molar-refractivity contribution in [1.82, 2.24) is 0 Å². The van der Waals surface area contributed by atoms with Crippen molar-refractivity contribution in [3.05, 3.63) is 11.8 Å². The molecular formula is C13H20O5. The van der Waals surface area contributed by atoms with Crippen LogP contribution >= 0.6 is 0 Å². The van der Waals surface area contributed by atoms with Gasteiger partial charge in [-0.05, 0) is 26.3 Å². The van der Waals surface area contributed by atoms with E-state index in [4.69, 9.17) is 4.74 Å². The molecule has 0 spiro atoms. The number of carbonyl (C=O) groups excluding carboxylic acids is 1. The number of aliphatic carboxylic acids is 1. The highest BCUT2D eigenvalue weighted by molar-refractivity contribution is 6.02. The van der Waals surface area contributed by atoms with Gasteiger partial charge < -0.3 is 14.9 Å². The lowest BCUT2D eigenvalue weighted by Crippen LogP contribution is -2.58. The molecule has 2 N–H and O–H groups in total. The predicted molar refractivity (Wildman–Crippen MR) is 64.7 cm³/mol. The first-order valence-electron chi connectivity index (χ1n) is 6.15. The SMILES string of the molecule is CCCCCC1(C(=O)O)C(=O)OC(C)=CC1(C)O. The summed E-state index contributed by atoms with van der Waals surface area (Å²) in [6.07, 6.45) is 3.64. The number of hydrogen-bond donors (Lipinski definition) is 2. The average Bonchev–Trinajstić information content (AvgIpc) is 2.20. The van der Waals surface area contributed by atoms with E-state index in [9.17, 15) is 19.8 Å². The Balaban J connectivity index is 3.15. The monoisotopic (exact) mass is 256 g/mol. The van der Waals surface area contributed by atoms with Crippen molar-refractivity contribution in [1.29, 1.82) is 0 Å². The number of carbonyl (C=O) groups is 2. The predicted octanol–water partition coefficient (Wildman–Crippen LogP) is 1.85. The summed E-state index contributed by atoms with van der Waals surface area (Å²) in [5, 5.41) is 19.7. The third-order valence-corrected chi connectivity index (χ3v) is 3.47. The molecule has 0 amide bonds. The van der Waals surface area contributed by atoms with Crippen LogP contribution in [0.1, 0.15) is 46.5 Å². The minimum Gasteiger partial charge on any atom is -0.480 e. The van der Waals surface area contributed by atoms with E-state index in [1.807, 2.05) is 6.92 Å². The Labute approximate surface area is 106 Å². The molecule has 102 valence electrons. The largest absolute Gasteiger partial charge is 0.480 e. The third kappa shape index (κ3) is 2.27. The van der Waals surface area contributed by atoms with Gasteiger partial charge in [-0.3, -0.25) is 9.59 Å². The molecule has 1 rings (SSSR count). The number of esters is 1. The Morgan fingerprint density at radius 2 is 2.06 bits per heavy atom. The number of carboxylic acids is 1. The van der Waals surface area contributed by atoms with Gasteiger partial charge in [0.05, 0.1) is 0 Å². The van der Waals surface area contributed by atoms with Gasteiger partial charge in [-0.25, -0.2) is 0 Å². The molecule has 0 aromatic heterocycles. The Morgan fingerprint density at radius 3 is 2.50 bits per heavy atom. The number of allylic oxidation sites excluding steroid dienone is 1. The minimum absolute atomic E-state index is 0.0752. The number of rotatable bonds is 5. The van der Waals surface area contributed by atoms with Crippen LogP contribution < -0.4 is 0 Å². The van der Waals surface area contributed by atoms with Crippen molar-refractivity contribution in [3.8, 4) is 0 Å². The first kappa shape index (κ1) is 14.7. The van der Waals surface area contributed by atoms with E-state index in [1.54, 1.807) is 0 Å². The molecule has 0 aromatic rings. The van der Waals surface area contributed by atoms with Gasteiger partial charge in [0.1, 0.15) is 11.4 Å². The molecule has 0 aromatic carbocycles. The summed E-state index contributed by atoms with van der Waals surface area (Å²) in [5.41, 5.74) is -3.63. The van der Waals surface area contributed by atoms with Crippen LogP contribution in [-0.4, -0.2) is 27.8 Å². The fourth-order valence-corrected chi connectivity index (χ4v) is 2.39. The zero-order valence-corrected chi connectivity index (χ0v) is 11.0. The highest BCUT2D eigenvalue weighted by Crippen LogP contribution is 2.43. The lowest BCUT2D eigenvalue weighted by atomic mass is 9.68. The molecule has 18 heavy (non-hydrogen) atoms. The molecule has 2 unspecified atom stereocenters. The van der Waals surface area contributed by atoms with Gasteiger partial charge in [-0.15, -0.1) is 0 Å². The maximum absolute atomic E-state index is 12.0. The molecule has 0 aliphatic carbocycles. The Bertz CT molecular complexity index is 383. The van der Waals surface area contributed by atoms with E-state index in [2.05, 4.69) is 0 Å². The molecule has 1 heterocycles. The molecule has 5 nitrogen and oxygen atoms in total. The fourth-order valence-electron chi connectivity index (χ4n) is 2.39.